The monoisotopic (exact) mass is 833 g/mol. The SMILES string of the molecule is CCCCCCCCCCCCCCCC(=O)NCCCc1cc2nc(c1)CN(CC(=O)O)CCN(CC(=O)O)CCN(CC(=O)O)C2.[Gd]. The van der Waals surface area contributed by atoms with Crippen molar-refractivity contribution >= 4 is 23.8 Å². The number of aliphatic carboxylic acids is 3. The number of carboxylic acids is 3. The number of hydrogen-bond acceptors (Lipinski definition) is 8. The van der Waals surface area contributed by atoms with Crippen LogP contribution in [-0.2, 0) is 38.7 Å². The number of rotatable bonds is 24. The van der Waals surface area contributed by atoms with Crippen LogP contribution < -0.4 is 5.32 Å². The zero-order chi connectivity index (χ0) is 35.0. The van der Waals surface area contributed by atoms with Gasteiger partial charge in [-0.15, -0.1) is 0 Å². The molecule has 1 aromatic rings. The fraction of sp³-hybridized carbons (Fsp3) is 0.750. The summed E-state index contributed by atoms with van der Waals surface area (Å²) in [5.74, 6) is -2.88. The molecular weight excluding hydrogens is 772 g/mol. The quantitative estimate of drug-likeness (QED) is 0.106. The van der Waals surface area contributed by atoms with Crippen LogP contribution in [0.5, 0.6) is 0 Å². The number of carbonyl (C=O) groups is 4. The van der Waals surface area contributed by atoms with Gasteiger partial charge in [0.2, 0.25) is 5.91 Å². The van der Waals surface area contributed by atoms with Crippen molar-refractivity contribution in [3.05, 3.63) is 29.1 Å². The minimum absolute atomic E-state index is 0. The standard InChI is InChI=1S/C36H61N5O7.Gd/c1-2-3-4-5-6-7-8-9-10-11-12-13-14-17-33(42)37-18-15-16-30-23-31-25-40(28-35(45)46)21-19-39(27-34(43)44)20-22-41(29-36(47)48)26-32(24-30)38-31;/h23-24H,2-22,25-29H2,1H3,(H,37,42)(H,43,44)(H,45,46)(H,47,48);. The van der Waals surface area contributed by atoms with Gasteiger partial charge in [0.1, 0.15) is 0 Å². The molecule has 0 spiro atoms. The first-order valence-electron chi connectivity index (χ1n) is 18.2. The van der Waals surface area contributed by atoms with Crippen molar-refractivity contribution in [3.8, 4) is 0 Å². The number of nitrogens with zero attached hydrogens (tertiary/aromatic N) is 4. The smallest absolute Gasteiger partial charge is 0.317 e. The molecule has 1 aliphatic rings. The van der Waals surface area contributed by atoms with Gasteiger partial charge in [-0.3, -0.25) is 38.9 Å². The first-order chi connectivity index (χ1) is 23.1. The van der Waals surface area contributed by atoms with Gasteiger partial charge in [0.25, 0.3) is 0 Å². The summed E-state index contributed by atoms with van der Waals surface area (Å²) in [5, 5.41) is 31.4. The Kier molecular flexibility index (Phi) is 25.8. The Labute approximate surface area is 325 Å². The number of pyridine rings is 1. The number of aromatic nitrogens is 1. The summed E-state index contributed by atoms with van der Waals surface area (Å²) in [6.45, 7) is 4.00. The zero-order valence-electron chi connectivity index (χ0n) is 29.7. The third-order valence-electron chi connectivity index (χ3n) is 8.78. The molecule has 2 bridgehead atoms. The van der Waals surface area contributed by atoms with Crippen molar-refractivity contribution in [1.82, 2.24) is 25.0 Å². The predicted molar refractivity (Wildman–Crippen MR) is 186 cm³/mol. The van der Waals surface area contributed by atoms with E-state index in [0.29, 0.717) is 57.0 Å². The van der Waals surface area contributed by atoms with Crippen LogP contribution >= 0.6 is 0 Å². The molecule has 0 atom stereocenters. The maximum absolute atomic E-state index is 12.4. The predicted octanol–water partition coefficient (Wildman–Crippen LogP) is 4.79. The molecule has 12 nitrogen and oxygen atoms in total. The molecule has 0 radical (unpaired) electrons. The van der Waals surface area contributed by atoms with Crippen molar-refractivity contribution in [2.45, 2.75) is 123 Å². The molecule has 0 aromatic carbocycles. The zero-order valence-corrected chi connectivity index (χ0v) is 31.9. The van der Waals surface area contributed by atoms with E-state index >= 15 is 0 Å². The van der Waals surface area contributed by atoms with E-state index < -0.39 is 17.9 Å². The minimum atomic E-state index is -0.996. The van der Waals surface area contributed by atoms with Gasteiger partial charge in [-0.2, -0.15) is 0 Å². The summed E-state index contributed by atoms with van der Waals surface area (Å²) in [7, 11) is 0. The molecule has 0 aliphatic carbocycles. The van der Waals surface area contributed by atoms with Gasteiger partial charge in [-0.05, 0) is 37.0 Å². The van der Waals surface area contributed by atoms with Crippen LogP contribution in [-0.4, -0.2) is 111 Å². The molecule has 280 valence electrons. The second kappa shape index (κ2) is 27.9. The molecule has 1 aliphatic heterocycles. The molecular formula is C36H61GdN5O7. The van der Waals surface area contributed by atoms with Gasteiger partial charge in [0, 0.05) is 92.2 Å². The summed E-state index contributed by atoms with van der Waals surface area (Å²) in [6, 6.07) is 3.88. The number of unbranched alkanes of at least 4 members (excludes halogenated alkanes) is 12. The normalized spacial score (nSPS) is 14.7. The average molecular weight is 833 g/mol. The second-order valence-corrected chi connectivity index (χ2v) is 13.3. The molecule has 13 heteroatoms. The molecule has 0 fully saturated rings. The number of nitrogens with one attached hydrogen (secondary N) is 1. The Morgan fingerprint density at radius 1 is 0.633 bits per heavy atom. The molecule has 0 saturated heterocycles. The maximum atomic E-state index is 12.4. The van der Waals surface area contributed by atoms with Gasteiger partial charge in [-0.25, -0.2) is 0 Å². The Bertz CT molecular complexity index is 1060. The Morgan fingerprint density at radius 2 is 1.04 bits per heavy atom. The van der Waals surface area contributed by atoms with Crippen molar-refractivity contribution in [3.63, 3.8) is 0 Å². The Hall–Kier alpha value is -1.77. The van der Waals surface area contributed by atoms with E-state index in [1.165, 1.54) is 70.6 Å². The summed E-state index contributed by atoms with van der Waals surface area (Å²) in [4.78, 5) is 56.9. The molecule has 4 N–H and O–H groups in total. The van der Waals surface area contributed by atoms with Gasteiger partial charge in [0.15, 0.2) is 0 Å². The van der Waals surface area contributed by atoms with E-state index in [-0.39, 0.29) is 78.6 Å². The van der Waals surface area contributed by atoms with Crippen LogP contribution in [0.2, 0.25) is 0 Å². The van der Waals surface area contributed by atoms with Crippen molar-refractivity contribution < 1.29 is 74.4 Å². The molecule has 2 rings (SSSR count). The molecule has 1 amide bonds. The molecule has 0 unspecified atom stereocenters. The molecule has 1 aromatic heterocycles. The fourth-order valence-electron chi connectivity index (χ4n) is 6.23. The van der Waals surface area contributed by atoms with E-state index in [1.807, 2.05) is 12.1 Å². The van der Waals surface area contributed by atoms with Crippen molar-refractivity contribution in [1.29, 1.82) is 0 Å². The van der Waals surface area contributed by atoms with Gasteiger partial charge in [0.05, 0.1) is 31.0 Å². The summed E-state index contributed by atoms with van der Waals surface area (Å²) >= 11 is 0. The minimum Gasteiger partial charge on any atom is -0.480 e. The number of fused-ring (bicyclic) bond motifs is 2. The van der Waals surface area contributed by atoms with E-state index in [4.69, 9.17) is 4.98 Å². The first-order valence-corrected chi connectivity index (χ1v) is 18.2. The number of carbonyl (C=O) groups excluding carboxylic acids is 1. The van der Waals surface area contributed by atoms with Crippen LogP contribution in [0.1, 0.15) is 120 Å². The van der Waals surface area contributed by atoms with E-state index in [0.717, 1.165) is 24.8 Å². The molecule has 0 saturated carbocycles. The third-order valence-corrected chi connectivity index (χ3v) is 8.78. The summed E-state index contributed by atoms with van der Waals surface area (Å²) < 4.78 is 0. The van der Waals surface area contributed by atoms with Gasteiger partial charge in [-0.1, -0.05) is 84.0 Å². The van der Waals surface area contributed by atoms with Crippen LogP contribution in [0.3, 0.4) is 0 Å². The Balaban J connectivity index is 0.0000120. The van der Waals surface area contributed by atoms with Crippen LogP contribution in [0.15, 0.2) is 12.1 Å². The molecule has 2 heterocycles. The van der Waals surface area contributed by atoms with Gasteiger partial charge < -0.3 is 20.6 Å². The number of carboxylic acid groups (broad SMARTS) is 3. The Morgan fingerprint density at radius 3 is 1.49 bits per heavy atom. The summed E-state index contributed by atoms with van der Waals surface area (Å²) in [6.07, 6.45) is 18.5. The van der Waals surface area contributed by atoms with Crippen LogP contribution in [0.25, 0.3) is 0 Å². The van der Waals surface area contributed by atoms with Crippen LogP contribution in [0, 0.1) is 39.9 Å². The maximum Gasteiger partial charge on any atom is 0.317 e. The van der Waals surface area contributed by atoms with Crippen molar-refractivity contribution in [2.24, 2.45) is 0 Å². The van der Waals surface area contributed by atoms with Crippen molar-refractivity contribution in [2.75, 3.05) is 52.4 Å². The number of aryl methyl sites for hydroxylation is 1. The third kappa shape index (κ3) is 23.4. The van der Waals surface area contributed by atoms with Gasteiger partial charge >= 0.3 is 17.9 Å². The number of hydrogen-bond donors (Lipinski definition) is 4. The second-order valence-electron chi connectivity index (χ2n) is 13.3. The largest absolute Gasteiger partial charge is 0.480 e. The summed E-state index contributed by atoms with van der Waals surface area (Å²) in [5.41, 5.74) is 2.35. The van der Waals surface area contributed by atoms with E-state index in [1.54, 1.807) is 14.7 Å². The molecule has 49 heavy (non-hydrogen) atoms. The van der Waals surface area contributed by atoms with E-state index in [2.05, 4.69) is 12.2 Å². The van der Waals surface area contributed by atoms with Crippen LogP contribution in [0.4, 0.5) is 0 Å². The average Bonchev–Trinajstić information content (AvgIpc) is 3.01. The first kappa shape index (κ1) is 45.3. The topological polar surface area (TPSA) is 164 Å². The fourth-order valence-corrected chi connectivity index (χ4v) is 6.23. The van der Waals surface area contributed by atoms with E-state index in [9.17, 15) is 34.5 Å². The number of amides is 1.